The quantitative estimate of drug-likeness (QED) is 0.0262. The van der Waals surface area contributed by atoms with Crippen LogP contribution in [0.3, 0.4) is 0 Å². The molecule has 62 heavy (non-hydrogen) atoms. The fourth-order valence-corrected chi connectivity index (χ4v) is 8.32. The molecule has 6 nitrogen and oxygen atoms in total. The number of carbonyl (C=O) groups is 3. The van der Waals surface area contributed by atoms with Gasteiger partial charge in [0, 0.05) is 19.3 Å². The second-order valence-corrected chi connectivity index (χ2v) is 18.9. The van der Waals surface area contributed by atoms with Gasteiger partial charge >= 0.3 is 17.9 Å². The number of unbranched alkanes of at least 4 members (excludes halogenated alkanes) is 38. The Hall–Kier alpha value is -1.85. The van der Waals surface area contributed by atoms with Gasteiger partial charge in [-0.15, -0.1) is 0 Å². The van der Waals surface area contributed by atoms with Gasteiger partial charge in [0.05, 0.1) is 0 Å². The zero-order chi connectivity index (χ0) is 45.1. The van der Waals surface area contributed by atoms with Crippen molar-refractivity contribution < 1.29 is 28.6 Å². The molecular formula is C56H106O6. The number of rotatable bonds is 51. The van der Waals surface area contributed by atoms with Gasteiger partial charge in [-0.25, -0.2) is 0 Å². The van der Waals surface area contributed by atoms with E-state index in [-0.39, 0.29) is 31.1 Å². The summed E-state index contributed by atoms with van der Waals surface area (Å²) < 4.78 is 16.8. The highest BCUT2D eigenvalue weighted by molar-refractivity contribution is 5.71. The highest BCUT2D eigenvalue weighted by Crippen LogP contribution is 2.16. The van der Waals surface area contributed by atoms with Crippen LogP contribution in [-0.2, 0) is 28.6 Å². The third-order valence-electron chi connectivity index (χ3n) is 12.5. The van der Waals surface area contributed by atoms with Crippen molar-refractivity contribution in [1.82, 2.24) is 0 Å². The van der Waals surface area contributed by atoms with Gasteiger partial charge in [0.1, 0.15) is 13.2 Å². The van der Waals surface area contributed by atoms with Crippen LogP contribution in [0, 0.1) is 0 Å². The van der Waals surface area contributed by atoms with Crippen LogP contribution in [0.25, 0.3) is 0 Å². The summed E-state index contributed by atoms with van der Waals surface area (Å²) in [5.74, 6) is -0.849. The normalized spacial score (nSPS) is 12.0. The van der Waals surface area contributed by atoms with Crippen LogP contribution in [0.4, 0.5) is 0 Å². The molecule has 1 unspecified atom stereocenters. The van der Waals surface area contributed by atoms with Crippen LogP contribution in [-0.4, -0.2) is 37.2 Å². The molecule has 0 bridgehead atoms. The summed E-state index contributed by atoms with van der Waals surface area (Å²) in [6, 6.07) is 0. The smallest absolute Gasteiger partial charge is 0.306 e. The number of carbonyl (C=O) groups excluding carboxylic acids is 3. The van der Waals surface area contributed by atoms with E-state index in [9.17, 15) is 14.4 Å². The minimum Gasteiger partial charge on any atom is -0.462 e. The van der Waals surface area contributed by atoms with E-state index >= 15 is 0 Å². The number of allylic oxidation sites excluding steroid dienone is 2. The third kappa shape index (κ3) is 49.2. The standard InChI is InChI=1S/C56H106O6/c1-4-7-10-13-16-19-22-24-25-26-27-28-29-30-31-32-35-37-40-43-46-49-55(58)61-52-53(51-60-54(57)48-45-42-39-36-33-21-18-15-12-9-6-3)62-56(59)50-47-44-41-38-34-23-20-17-14-11-8-5-2/h26-27,53H,4-25,28-52H2,1-3H3/b27-26-. The van der Waals surface area contributed by atoms with Crippen molar-refractivity contribution in [3.05, 3.63) is 12.2 Å². The lowest BCUT2D eigenvalue weighted by Crippen LogP contribution is -2.30. The van der Waals surface area contributed by atoms with Gasteiger partial charge in [0.25, 0.3) is 0 Å². The van der Waals surface area contributed by atoms with E-state index in [1.54, 1.807) is 0 Å². The molecule has 366 valence electrons. The Morgan fingerprint density at radius 2 is 0.532 bits per heavy atom. The first-order valence-electron chi connectivity index (χ1n) is 27.7. The fraction of sp³-hybridized carbons (Fsp3) is 0.911. The Morgan fingerprint density at radius 3 is 0.806 bits per heavy atom. The Morgan fingerprint density at radius 1 is 0.306 bits per heavy atom. The molecule has 0 saturated carbocycles. The number of esters is 3. The molecule has 6 heteroatoms. The van der Waals surface area contributed by atoms with Crippen molar-refractivity contribution in [3.63, 3.8) is 0 Å². The van der Waals surface area contributed by atoms with Crippen LogP contribution >= 0.6 is 0 Å². The Bertz CT molecular complexity index is 962. The monoisotopic (exact) mass is 875 g/mol. The molecule has 0 aromatic rings. The van der Waals surface area contributed by atoms with E-state index < -0.39 is 6.10 Å². The lowest BCUT2D eigenvalue weighted by atomic mass is 10.0. The van der Waals surface area contributed by atoms with Crippen LogP contribution in [0.1, 0.15) is 310 Å². The molecular weight excluding hydrogens is 769 g/mol. The van der Waals surface area contributed by atoms with Gasteiger partial charge in [-0.05, 0) is 44.9 Å². The van der Waals surface area contributed by atoms with Gasteiger partial charge in [-0.2, -0.15) is 0 Å². The summed E-state index contributed by atoms with van der Waals surface area (Å²) in [6.07, 6.45) is 57.7. The Balaban J connectivity index is 4.22. The van der Waals surface area contributed by atoms with Crippen LogP contribution in [0.15, 0.2) is 12.2 Å². The summed E-state index contributed by atoms with van der Waals surface area (Å²) in [7, 11) is 0. The second-order valence-electron chi connectivity index (χ2n) is 18.9. The van der Waals surface area contributed by atoms with E-state index in [0.717, 1.165) is 57.8 Å². The first kappa shape index (κ1) is 60.2. The van der Waals surface area contributed by atoms with E-state index in [2.05, 4.69) is 32.9 Å². The molecule has 0 radical (unpaired) electrons. The zero-order valence-corrected chi connectivity index (χ0v) is 41.9. The van der Waals surface area contributed by atoms with Crippen molar-refractivity contribution in [2.75, 3.05) is 13.2 Å². The van der Waals surface area contributed by atoms with Gasteiger partial charge in [-0.1, -0.05) is 258 Å². The summed E-state index contributed by atoms with van der Waals surface area (Å²) in [5, 5.41) is 0. The highest BCUT2D eigenvalue weighted by atomic mass is 16.6. The SMILES string of the molecule is CCCCCCCCCC/C=C\CCCCCCCCCCCC(=O)OCC(COC(=O)CCCCCCCCCCCCC)OC(=O)CCCCCCCCCCCCCC. The maximum Gasteiger partial charge on any atom is 0.306 e. The van der Waals surface area contributed by atoms with Crippen molar-refractivity contribution in [2.24, 2.45) is 0 Å². The number of ether oxygens (including phenoxy) is 3. The zero-order valence-electron chi connectivity index (χ0n) is 41.9. The van der Waals surface area contributed by atoms with Gasteiger partial charge in [0.2, 0.25) is 0 Å². The largest absolute Gasteiger partial charge is 0.462 e. The first-order chi connectivity index (χ1) is 30.5. The summed E-state index contributed by atoms with van der Waals surface area (Å²) in [4.78, 5) is 38.0. The molecule has 1 atom stereocenters. The summed E-state index contributed by atoms with van der Waals surface area (Å²) in [5.41, 5.74) is 0. The molecule has 0 aromatic heterocycles. The molecule has 0 aliphatic carbocycles. The van der Waals surface area contributed by atoms with Crippen molar-refractivity contribution >= 4 is 17.9 Å². The van der Waals surface area contributed by atoms with Crippen molar-refractivity contribution in [2.45, 2.75) is 316 Å². The number of hydrogen-bond acceptors (Lipinski definition) is 6. The predicted molar refractivity (Wildman–Crippen MR) is 266 cm³/mol. The van der Waals surface area contributed by atoms with Gasteiger partial charge in [-0.3, -0.25) is 14.4 Å². The first-order valence-corrected chi connectivity index (χ1v) is 27.7. The molecule has 0 spiro atoms. The van der Waals surface area contributed by atoms with Crippen molar-refractivity contribution in [3.8, 4) is 0 Å². The summed E-state index contributed by atoms with van der Waals surface area (Å²) >= 11 is 0. The maximum absolute atomic E-state index is 12.8. The molecule has 0 saturated heterocycles. The Labute approximate surface area is 386 Å². The fourth-order valence-electron chi connectivity index (χ4n) is 8.32. The molecule has 0 aliphatic heterocycles. The molecule has 0 aliphatic rings. The predicted octanol–water partition coefficient (Wildman–Crippen LogP) is 18.2. The summed E-state index contributed by atoms with van der Waals surface area (Å²) in [6.45, 7) is 6.67. The lowest BCUT2D eigenvalue weighted by Gasteiger charge is -2.18. The Kier molecular flexibility index (Phi) is 50.2. The molecule has 0 fully saturated rings. The highest BCUT2D eigenvalue weighted by Gasteiger charge is 2.19. The van der Waals surface area contributed by atoms with Crippen LogP contribution in [0.5, 0.6) is 0 Å². The molecule has 0 rings (SSSR count). The molecule has 0 heterocycles. The minimum atomic E-state index is -0.763. The average molecular weight is 875 g/mol. The van der Waals surface area contributed by atoms with Crippen LogP contribution in [0.2, 0.25) is 0 Å². The number of hydrogen-bond donors (Lipinski definition) is 0. The van der Waals surface area contributed by atoms with E-state index in [1.165, 1.54) is 212 Å². The van der Waals surface area contributed by atoms with E-state index in [1.807, 2.05) is 0 Å². The van der Waals surface area contributed by atoms with E-state index in [4.69, 9.17) is 14.2 Å². The van der Waals surface area contributed by atoms with Crippen LogP contribution < -0.4 is 0 Å². The lowest BCUT2D eigenvalue weighted by molar-refractivity contribution is -0.167. The topological polar surface area (TPSA) is 78.9 Å². The molecule has 0 aromatic carbocycles. The van der Waals surface area contributed by atoms with Crippen molar-refractivity contribution in [1.29, 1.82) is 0 Å². The van der Waals surface area contributed by atoms with E-state index in [0.29, 0.717) is 19.3 Å². The third-order valence-corrected chi connectivity index (χ3v) is 12.5. The molecule has 0 amide bonds. The second kappa shape index (κ2) is 51.8. The van der Waals surface area contributed by atoms with Gasteiger partial charge < -0.3 is 14.2 Å². The van der Waals surface area contributed by atoms with Gasteiger partial charge in [0.15, 0.2) is 6.10 Å². The minimum absolute atomic E-state index is 0.0651. The molecule has 0 N–H and O–H groups in total. The maximum atomic E-state index is 12.8. The average Bonchev–Trinajstić information content (AvgIpc) is 3.27.